The van der Waals surface area contributed by atoms with E-state index in [1.165, 1.54) is 0 Å². The molecule has 0 fully saturated rings. The molecule has 7 nitrogen and oxygen atoms in total. The first kappa shape index (κ1) is 21.4. The van der Waals surface area contributed by atoms with Gasteiger partial charge in [0.15, 0.2) is 5.60 Å². The van der Waals surface area contributed by atoms with Crippen molar-refractivity contribution in [1.82, 2.24) is 10.3 Å². The Morgan fingerprint density at radius 2 is 1.88 bits per heavy atom. The second-order valence-corrected chi connectivity index (χ2v) is 7.65. The van der Waals surface area contributed by atoms with Gasteiger partial charge in [0.1, 0.15) is 11.5 Å². The number of nitrogens with one attached hydrogen (secondary N) is 1. The number of carbonyl (C=O) groups is 2. The van der Waals surface area contributed by atoms with E-state index in [-0.39, 0.29) is 12.5 Å². The number of nitrogens with zero attached hydrogens (tertiary/aromatic N) is 1. The van der Waals surface area contributed by atoms with Gasteiger partial charge in [-0.25, -0.2) is 9.78 Å². The zero-order chi connectivity index (χ0) is 22.6. The van der Waals surface area contributed by atoms with Gasteiger partial charge in [0.05, 0.1) is 12.2 Å². The largest absolute Gasteiger partial charge is 0.494 e. The molecule has 7 heteroatoms. The lowest BCUT2D eigenvalue weighted by Crippen LogP contribution is -2.51. The molecule has 1 aliphatic heterocycles. The number of hydrogen-bond acceptors (Lipinski definition) is 6. The standard InChI is InChI=1S/C25H24N2O5/c1-3-30-19-8-10-20(11-9-19)31-22-14-17(12-13-26-22)16-27-24(29)25(2)15-18-6-4-5-7-21(18)23(28)32-25/h4-14H,3,15-16H2,1-2H3,(H,27,29). The van der Waals surface area contributed by atoms with E-state index in [1.54, 1.807) is 49.5 Å². The van der Waals surface area contributed by atoms with Crippen molar-refractivity contribution in [1.29, 1.82) is 0 Å². The van der Waals surface area contributed by atoms with Crippen molar-refractivity contribution in [3.63, 3.8) is 0 Å². The van der Waals surface area contributed by atoms with Gasteiger partial charge in [-0.2, -0.15) is 0 Å². The van der Waals surface area contributed by atoms with Gasteiger partial charge >= 0.3 is 5.97 Å². The van der Waals surface area contributed by atoms with Crippen LogP contribution < -0.4 is 14.8 Å². The highest BCUT2D eigenvalue weighted by Crippen LogP contribution is 2.28. The van der Waals surface area contributed by atoms with Gasteiger partial charge in [-0.05, 0) is 61.4 Å². The summed E-state index contributed by atoms with van der Waals surface area (Å²) in [7, 11) is 0. The van der Waals surface area contributed by atoms with Crippen LogP contribution >= 0.6 is 0 Å². The summed E-state index contributed by atoms with van der Waals surface area (Å²) in [5.41, 5.74) is 0.847. The van der Waals surface area contributed by atoms with Crippen molar-refractivity contribution in [2.24, 2.45) is 0 Å². The van der Waals surface area contributed by atoms with Crippen LogP contribution in [0.3, 0.4) is 0 Å². The molecule has 0 saturated heterocycles. The van der Waals surface area contributed by atoms with Gasteiger partial charge in [-0.1, -0.05) is 18.2 Å². The van der Waals surface area contributed by atoms with Crippen LogP contribution in [0.4, 0.5) is 0 Å². The summed E-state index contributed by atoms with van der Waals surface area (Å²) in [5.74, 6) is 0.960. The third-order valence-electron chi connectivity index (χ3n) is 5.17. The molecule has 0 radical (unpaired) electrons. The van der Waals surface area contributed by atoms with Gasteiger partial charge < -0.3 is 19.5 Å². The van der Waals surface area contributed by atoms with Crippen LogP contribution in [0.1, 0.15) is 35.3 Å². The summed E-state index contributed by atoms with van der Waals surface area (Å²) in [6.07, 6.45) is 1.94. The highest BCUT2D eigenvalue weighted by Gasteiger charge is 2.42. The summed E-state index contributed by atoms with van der Waals surface area (Å²) in [6, 6.07) is 18.0. The topological polar surface area (TPSA) is 86.8 Å². The van der Waals surface area contributed by atoms with Gasteiger partial charge in [-0.15, -0.1) is 0 Å². The maximum Gasteiger partial charge on any atom is 0.339 e. The smallest absolute Gasteiger partial charge is 0.339 e. The van der Waals surface area contributed by atoms with Crippen molar-refractivity contribution in [3.8, 4) is 17.4 Å². The number of fused-ring (bicyclic) bond motifs is 1. The van der Waals surface area contributed by atoms with Crippen LogP contribution in [0.5, 0.6) is 17.4 Å². The predicted octanol–water partition coefficient (Wildman–Crippen LogP) is 4.06. The molecule has 1 aromatic heterocycles. The Morgan fingerprint density at radius 3 is 2.66 bits per heavy atom. The van der Waals surface area contributed by atoms with Crippen LogP contribution in [0, 0.1) is 0 Å². The molecule has 1 aliphatic rings. The Morgan fingerprint density at radius 1 is 1.12 bits per heavy atom. The van der Waals surface area contributed by atoms with E-state index in [2.05, 4.69) is 10.3 Å². The van der Waals surface area contributed by atoms with Crippen LogP contribution in [-0.4, -0.2) is 29.1 Å². The van der Waals surface area contributed by atoms with E-state index in [0.29, 0.717) is 30.2 Å². The zero-order valence-corrected chi connectivity index (χ0v) is 18.0. The van der Waals surface area contributed by atoms with Crippen molar-refractivity contribution >= 4 is 11.9 Å². The van der Waals surface area contributed by atoms with Gasteiger partial charge in [-0.3, -0.25) is 4.79 Å². The molecule has 164 valence electrons. The normalized spacial score (nSPS) is 17.1. The molecule has 1 atom stereocenters. The lowest BCUT2D eigenvalue weighted by molar-refractivity contribution is -0.140. The number of hydrogen-bond donors (Lipinski definition) is 1. The number of cyclic esters (lactones) is 1. The summed E-state index contributed by atoms with van der Waals surface area (Å²) in [6.45, 7) is 4.40. The molecular weight excluding hydrogens is 408 g/mol. The van der Waals surface area contributed by atoms with E-state index in [9.17, 15) is 9.59 Å². The van der Waals surface area contributed by atoms with Crippen LogP contribution in [-0.2, 0) is 22.5 Å². The minimum Gasteiger partial charge on any atom is -0.494 e. The molecule has 1 amide bonds. The van der Waals surface area contributed by atoms with Crippen molar-refractivity contribution in [2.75, 3.05) is 6.61 Å². The molecule has 1 unspecified atom stereocenters. The van der Waals surface area contributed by atoms with Gasteiger partial charge in [0.2, 0.25) is 5.88 Å². The number of esters is 1. The summed E-state index contributed by atoms with van der Waals surface area (Å²) in [4.78, 5) is 29.4. The van der Waals surface area contributed by atoms with Crippen molar-refractivity contribution < 1.29 is 23.8 Å². The maximum atomic E-state index is 12.9. The molecule has 2 heterocycles. The SMILES string of the molecule is CCOc1ccc(Oc2cc(CNC(=O)C3(C)Cc4ccccc4C(=O)O3)ccn2)cc1. The Balaban J connectivity index is 1.39. The number of amides is 1. The predicted molar refractivity (Wildman–Crippen MR) is 118 cm³/mol. The van der Waals surface area contributed by atoms with E-state index >= 15 is 0 Å². The fraction of sp³-hybridized carbons (Fsp3) is 0.240. The average Bonchev–Trinajstić information content (AvgIpc) is 2.79. The van der Waals surface area contributed by atoms with E-state index in [4.69, 9.17) is 14.2 Å². The molecular formula is C25H24N2O5. The second-order valence-electron chi connectivity index (χ2n) is 7.65. The molecule has 3 aromatic rings. The molecule has 2 aromatic carbocycles. The third-order valence-corrected chi connectivity index (χ3v) is 5.17. The Kier molecular flexibility index (Phi) is 6.07. The van der Waals surface area contributed by atoms with Crippen LogP contribution in [0.2, 0.25) is 0 Å². The van der Waals surface area contributed by atoms with Gasteiger partial charge in [0, 0.05) is 25.2 Å². The summed E-state index contributed by atoms with van der Waals surface area (Å²) in [5, 5.41) is 2.86. The fourth-order valence-corrected chi connectivity index (χ4v) is 3.54. The van der Waals surface area contributed by atoms with Crippen LogP contribution in [0.15, 0.2) is 66.9 Å². The monoisotopic (exact) mass is 432 g/mol. The number of ether oxygens (including phenoxy) is 3. The lowest BCUT2D eigenvalue weighted by Gasteiger charge is -2.33. The number of carbonyl (C=O) groups excluding carboxylic acids is 2. The van der Waals surface area contributed by atoms with Crippen molar-refractivity contribution in [3.05, 3.63) is 83.6 Å². The second kappa shape index (κ2) is 9.09. The fourth-order valence-electron chi connectivity index (χ4n) is 3.54. The molecule has 0 saturated carbocycles. The highest BCUT2D eigenvalue weighted by atomic mass is 16.6. The molecule has 0 bridgehead atoms. The highest BCUT2D eigenvalue weighted by molar-refractivity contribution is 5.97. The van der Waals surface area contributed by atoms with E-state index in [0.717, 1.165) is 16.9 Å². The average molecular weight is 432 g/mol. The molecule has 4 rings (SSSR count). The Hall–Kier alpha value is -3.87. The number of benzene rings is 2. The van der Waals surface area contributed by atoms with E-state index < -0.39 is 11.6 Å². The van der Waals surface area contributed by atoms with E-state index in [1.807, 2.05) is 31.2 Å². The Bertz CT molecular complexity index is 1130. The first-order valence-corrected chi connectivity index (χ1v) is 10.4. The summed E-state index contributed by atoms with van der Waals surface area (Å²) >= 11 is 0. The minimum atomic E-state index is -1.26. The van der Waals surface area contributed by atoms with Gasteiger partial charge in [0.25, 0.3) is 5.91 Å². The Labute approximate surface area is 186 Å². The minimum absolute atomic E-state index is 0.246. The van der Waals surface area contributed by atoms with Crippen LogP contribution in [0.25, 0.3) is 0 Å². The maximum absolute atomic E-state index is 12.9. The number of rotatable bonds is 7. The number of aromatic nitrogens is 1. The van der Waals surface area contributed by atoms with Crippen molar-refractivity contribution in [2.45, 2.75) is 32.4 Å². The molecule has 32 heavy (non-hydrogen) atoms. The number of pyridine rings is 1. The molecule has 1 N–H and O–H groups in total. The first-order chi connectivity index (χ1) is 15.5. The molecule has 0 spiro atoms. The first-order valence-electron chi connectivity index (χ1n) is 10.4. The summed E-state index contributed by atoms with van der Waals surface area (Å²) < 4.78 is 16.7. The zero-order valence-electron chi connectivity index (χ0n) is 18.0. The third kappa shape index (κ3) is 4.72. The lowest BCUT2D eigenvalue weighted by atomic mass is 9.89. The molecule has 0 aliphatic carbocycles. The quantitative estimate of drug-likeness (QED) is 0.567.